The molecule has 0 radical (unpaired) electrons. The minimum atomic E-state index is -0.609. The summed E-state index contributed by atoms with van der Waals surface area (Å²) < 4.78 is 0. The van der Waals surface area contributed by atoms with Gasteiger partial charge in [-0.25, -0.2) is 0 Å². The van der Waals surface area contributed by atoms with Gasteiger partial charge >= 0.3 is 0 Å². The predicted octanol–water partition coefficient (Wildman–Crippen LogP) is 11.8. The zero-order valence-corrected chi connectivity index (χ0v) is 57.3. The number of rotatable bonds is 13. The highest BCUT2D eigenvalue weighted by Gasteiger charge is 2.56. The van der Waals surface area contributed by atoms with E-state index < -0.39 is 66.5 Å². The summed E-state index contributed by atoms with van der Waals surface area (Å²) in [7, 11) is 2.69. The van der Waals surface area contributed by atoms with Crippen LogP contribution in [0.2, 0.25) is 0 Å². The molecule has 0 bridgehead atoms. The molecule has 6 fully saturated rings. The van der Waals surface area contributed by atoms with Crippen molar-refractivity contribution in [3.05, 3.63) is 0 Å². The smallest absolute Gasteiger partial charge is 0.231 e. The van der Waals surface area contributed by atoms with Gasteiger partial charge in [-0.15, -0.1) is 0 Å². The molecule has 0 aromatic carbocycles. The number of hydrogen-bond donors (Lipinski definition) is 8. The number of aromatic nitrogens is 6. The predicted molar refractivity (Wildman–Crippen MR) is 332 cm³/mol. The Labute approximate surface area is 511 Å². The molecule has 0 saturated carbocycles. The zero-order valence-electron chi connectivity index (χ0n) is 55.7. The lowest BCUT2D eigenvalue weighted by Crippen LogP contribution is -2.68. The van der Waals surface area contributed by atoms with E-state index in [0.29, 0.717) is 111 Å². The van der Waals surface area contributed by atoms with Gasteiger partial charge in [0.1, 0.15) is 0 Å². The first kappa shape index (κ1) is 67.4. The quantitative estimate of drug-likeness (QED) is 0.0868. The van der Waals surface area contributed by atoms with Gasteiger partial charge < -0.3 is 51.7 Å². The van der Waals surface area contributed by atoms with Crippen LogP contribution in [-0.4, -0.2) is 194 Å². The van der Waals surface area contributed by atoms with Crippen LogP contribution in [0.25, 0.3) is 0 Å². The average Bonchev–Trinajstić information content (AvgIpc) is 3.51. The SMILES string of the molecule is CC1(C)CC(Nc2nc(SSc3nc(NC4CC(C)(C)N(O)C(C)(C)C4)nc(N(C4CC(C)(C)N(O)C(C)(C)C4)C4CC(C)(C)N(O)C(C)(C)C4)n3)nc(N(C3CC(C)(C)N(O)C(C)(C)C3)C3CC(C)(C)N(O)C(C)(C)C3)n2)CC(C)(C)N1O. The third kappa shape index (κ3) is 13.5. The molecule has 84 heavy (non-hydrogen) atoms. The molecule has 478 valence electrons. The van der Waals surface area contributed by atoms with E-state index in [-0.39, 0.29) is 36.3 Å². The van der Waals surface area contributed by atoms with Gasteiger partial charge in [0.25, 0.3) is 0 Å². The van der Waals surface area contributed by atoms with Crippen molar-refractivity contribution in [2.24, 2.45) is 0 Å². The second-order valence-corrected chi connectivity index (χ2v) is 35.9. The van der Waals surface area contributed by atoms with Gasteiger partial charge in [-0.2, -0.15) is 60.3 Å². The van der Waals surface area contributed by atoms with Crippen LogP contribution in [0.4, 0.5) is 23.8 Å². The maximum atomic E-state index is 11.7. The third-order valence-electron chi connectivity index (χ3n) is 19.8. The van der Waals surface area contributed by atoms with Crippen LogP contribution >= 0.6 is 21.6 Å². The van der Waals surface area contributed by atoms with Crippen molar-refractivity contribution in [1.82, 2.24) is 60.3 Å². The number of piperidine rings is 6. The first-order valence-electron chi connectivity index (χ1n) is 30.8. The molecule has 0 unspecified atom stereocenters. The summed E-state index contributed by atoms with van der Waals surface area (Å²) in [6, 6.07) is -0.745. The van der Waals surface area contributed by atoms with Crippen molar-refractivity contribution in [3.63, 3.8) is 0 Å². The van der Waals surface area contributed by atoms with E-state index in [0.717, 1.165) is 0 Å². The van der Waals surface area contributed by atoms with Gasteiger partial charge in [0.05, 0.1) is 0 Å². The minimum Gasteiger partial charge on any atom is -0.351 e. The highest BCUT2D eigenvalue weighted by molar-refractivity contribution is 8.76. The normalized spacial score (nSPS) is 28.7. The number of nitrogens with zero attached hydrogens (tertiary/aromatic N) is 14. The molecule has 0 spiro atoms. The van der Waals surface area contributed by atoms with E-state index in [1.165, 1.54) is 52.0 Å². The summed E-state index contributed by atoms with van der Waals surface area (Å²) in [6.07, 6.45) is 7.35. The Kier molecular flexibility index (Phi) is 17.8. The van der Waals surface area contributed by atoms with E-state index in [1.54, 1.807) is 0 Å². The molecule has 0 amide bonds. The molecule has 2 aromatic heterocycles. The lowest BCUT2D eigenvalue weighted by atomic mass is 9.74. The Hall–Kier alpha value is -2.56. The van der Waals surface area contributed by atoms with Crippen molar-refractivity contribution >= 4 is 45.4 Å². The number of anilines is 4. The molecule has 22 nitrogen and oxygen atoms in total. The van der Waals surface area contributed by atoms with Crippen LogP contribution in [0.5, 0.6) is 0 Å². The number of hydrogen-bond acceptors (Lipinski definition) is 24. The maximum Gasteiger partial charge on any atom is 0.231 e. The summed E-state index contributed by atoms with van der Waals surface area (Å²) in [5.74, 6) is 1.79. The van der Waals surface area contributed by atoms with E-state index in [4.69, 9.17) is 29.9 Å². The van der Waals surface area contributed by atoms with Crippen LogP contribution < -0.4 is 20.4 Å². The topological polar surface area (TPSA) is 249 Å². The summed E-state index contributed by atoms with van der Waals surface area (Å²) in [5, 5.41) is 87.1. The zero-order chi connectivity index (χ0) is 63.1. The van der Waals surface area contributed by atoms with E-state index in [1.807, 2.05) is 55.4 Å². The number of nitrogens with one attached hydrogen (secondary N) is 2. The molecule has 8 N–H and O–H groups in total. The van der Waals surface area contributed by atoms with Crippen LogP contribution in [0.15, 0.2) is 10.3 Å². The van der Waals surface area contributed by atoms with Crippen molar-refractivity contribution in [2.75, 3.05) is 20.4 Å². The van der Waals surface area contributed by atoms with E-state index in [2.05, 4.69) is 131 Å². The fraction of sp³-hybridized carbons (Fsp3) is 0.900. The van der Waals surface area contributed by atoms with Crippen molar-refractivity contribution < 1.29 is 31.2 Å². The van der Waals surface area contributed by atoms with Gasteiger partial charge in [0.15, 0.2) is 0 Å². The van der Waals surface area contributed by atoms with Gasteiger partial charge in [0, 0.05) is 103 Å². The summed E-state index contributed by atoms with van der Waals surface area (Å²) in [6.45, 7) is 49.7. The number of hydroxylamine groups is 12. The monoisotopic (exact) mass is 1210 g/mol. The fourth-order valence-electron chi connectivity index (χ4n) is 17.2. The first-order chi connectivity index (χ1) is 37.9. The summed E-state index contributed by atoms with van der Waals surface area (Å²) in [4.78, 5) is 36.9. The summed E-state index contributed by atoms with van der Waals surface area (Å²) >= 11 is 0. The second kappa shape index (κ2) is 22.1. The van der Waals surface area contributed by atoms with Gasteiger partial charge in [-0.3, -0.25) is 0 Å². The molecule has 6 aliphatic heterocycles. The highest BCUT2D eigenvalue weighted by atomic mass is 33.1. The molecule has 6 aliphatic rings. The fourth-order valence-corrected chi connectivity index (χ4v) is 18.7. The maximum absolute atomic E-state index is 11.7. The van der Waals surface area contributed by atoms with Gasteiger partial charge in [-0.05, 0) is 265 Å². The first-order valence-corrected chi connectivity index (χ1v) is 33.0. The van der Waals surface area contributed by atoms with E-state index >= 15 is 0 Å². The molecule has 0 aliphatic carbocycles. The molecular formula is C60H110N16O6S2. The third-order valence-corrected chi connectivity index (χ3v) is 21.7. The lowest BCUT2D eigenvalue weighted by molar-refractivity contribution is -0.251. The molecule has 8 heterocycles. The minimum absolute atomic E-state index is 0.114. The molecule has 0 atom stereocenters. The largest absolute Gasteiger partial charge is 0.351 e. The average molecular weight is 1220 g/mol. The molecule has 2 aromatic rings. The second-order valence-electron chi connectivity index (χ2n) is 33.8. The Bertz CT molecular complexity index is 2330. The van der Waals surface area contributed by atoms with E-state index in [9.17, 15) is 31.2 Å². The van der Waals surface area contributed by atoms with Gasteiger partial charge in [0.2, 0.25) is 34.1 Å². The molecule has 24 heteroatoms. The van der Waals surface area contributed by atoms with Crippen LogP contribution in [-0.2, 0) is 0 Å². The van der Waals surface area contributed by atoms with Crippen molar-refractivity contribution in [3.8, 4) is 0 Å². The standard InChI is InChI=1S/C60H110N16O6S2/c1-49(2)25-37(26-50(3,4)71(49)77)61-43-63-45(69(39-29-53(9,10)73(79)54(11,12)30-39)40-31-55(13,14)74(80)56(15,16)32-40)67-47(65-43)83-84-48-66-44(62-38-27-51(5,6)72(78)52(7,8)28-38)64-46(68-48)70(41-33-57(17,18)75(81)58(19,20)34-41)42-35-59(21,22)76(82)60(23,24)36-42/h37-42,77-82H,25-36H2,1-24H3,(H,61,63,65,67)(H,62,64,66,68). The van der Waals surface area contributed by atoms with Crippen LogP contribution in [0, 0.1) is 0 Å². The van der Waals surface area contributed by atoms with Crippen LogP contribution in [0.1, 0.15) is 243 Å². The lowest BCUT2D eigenvalue weighted by Gasteiger charge is -2.58. The van der Waals surface area contributed by atoms with Crippen molar-refractivity contribution in [2.45, 2.75) is 356 Å². The van der Waals surface area contributed by atoms with Gasteiger partial charge in [-0.1, -0.05) is 0 Å². The molecule has 6 saturated heterocycles. The Morgan fingerprint density at radius 2 is 0.476 bits per heavy atom. The Morgan fingerprint density at radius 1 is 0.298 bits per heavy atom. The summed E-state index contributed by atoms with van der Waals surface area (Å²) in [5.41, 5.74) is -7.10. The van der Waals surface area contributed by atoms with Crippen LogP contribution in [0.3, 0.4) is 0 Å². The molecule has 8 rings (SSSR count). The Balaban J connectivity index is 1.29. The Morgan fingerprint density at radius 3 is 0.667 bits per heavy atom. The van der Waals surface area contributed by atoms with Crippen molar-refractivity contribution in [1.29, 1.82) is 0 Å². The highest BCUT2D eigenvalue weighted by Crippen LogP contribution is 2.49. The molecular weight excluding hydrogens is 1100 g/mol.